The normalized spacial score (nSPS) is 11.1. The Morgan fingerprint density at radius 1 is 1.03 bits per heavy atom. The third-order valence-corrected chi connectivity index (χ3v) is 8.03. The van der Waals surface area contributed by atoms with Gasteiger partial charge in [0.1, 0.15) is 0 Å². The maximum absolute atomic E-state index is 13.3. The number of rotatable bonds is 9. The summed E-state index contributed by atoms with van der Waals surface area (Å²) in [5, 5.41) is 1.50. The fourth-order valence-corrected chi connectivity index (χ4v) is 5.76. The van der Waals surface area contributed by atoms with Crippen molar-refractivity contribution in [1.29, 1.82) is 0 Å². The molecule has 0 saturated heterocycles. The first kappa shape index (κ1) is 23.2. The molecule has 3 aromatic carbocycles. The second kappa shape index (κ2) is 11.2. The molecule has 0 spiro atoms. The molecule has 32 heavy (non-hydrogen) atoms. The van der Waals surface area contributed by atoms with Gasteiger partial charge in [0.05, 0.1) is 16.8 Å². The van der Waals surface area contributed by atoms with E-state index < -0.39 is 0 Å². The van der Waals surface area contributed by atoms with E-state index in [0.717, 1.165) is 38.1 Å². The lowest BCUT2D eigenvalue weighted by atomic mass is 10.2. The van der Waals surface area contributed by atoms with Crippen LogP contribution in [0.1, 0.15) is 18.4 Å². The monoisotopic (exact) mass is 498 g/mol. The van der Waals surface area contributed by atoms with Crippen LogP contribution in [0.4, 0.5) is 5.13 Å². The summed E-state index contributed by atoms with van der Waals surface area (Å²) in [6.07, 6.45) is 3.36. The van der Waals surface area contributed by atoms with Crippen molar-refractivity contribution in [2.45, 2.75) is 29.2 Å². The van der Waals surface area contributed by atoms with Crippen molar-refractivity contribution in [2.75, 3.05) is 16.9 Å². The number of thiazole rings is 1. The topological polar surface area (TPSA) is 33.2 Å². The maximum atomic E-state index is 13.3. The number of hydrogen-bond donors (Lipinski definition) is 0. The van der Waals surface area contributed by atoms with Crippen LogP contribution in [0.5, 0.6) is 0 Å². The average molecular weight is 499 g/mol. The largest absolute Gasteiger partial charge is 0.284 e. The summed E-state index contributed by atoms with van der Waals surface area (Å²) in [6, 6.07) is 24.2. The SMILES string of the molecule is CSc1ccc2nc(N(Cc3ccccc3)C(=O)CCCSc3ccc(Cl)cc3)sc2c1. The quantitative estimate of drug-likeness (QED) is 0.174. The molecule has 0 aliphatic heterocycles. The van der Waals surface area contributed by atoms with E-state index in [1.807, 2.05) is 53.4 Å². The first-order chi connectivity index (χ1) is 15.6. The molecule has 4 rings (SSSR count). The molecule has 164 valence electrons. The minimum atomic E-state index is 0.106. The number of amides is 1. The summed E-state index contributed by atoms with van der Waals surface area (Å²) in [7, 11) is 0. The number of carbonyl (C=O) groups excluding carboxylic acids is 1. The zero-order chi connectivity index (χ0) is 22.3. The third-order valence-electron chi connectivity index (χ3n) is 4.92. The number of halogens is 1. The van der Waals surface area contributed by atoms with E-state index in [0.29, 0.717) is 13.0 Å². The van der Waals surface area contributed by atoms with Crippen molar-refractivity contribution in [3.63, 3.8) is 0 Å². The van der Waals surface area contributed by atoms with Crippen LogP contribution in [0, 0.1) is 0 Å². The molecular weight excluding hydrogens is 476 g/mol. The smallest absolute Gasteiger partial charge is 0.229 e. The van der Waals surface area contributed by atoms with Gasteiger partial charge in [0, 0.05) is 21.2 Å². The number of nitrogens with zero attached hydrogens (tertiary/aromatic N) is 2. The average Bonchev–Trinajstić information content (AvgIpc) is 3.25. The van der Waals surface area contributed by atoms with Crippen molar-refractivity contribution in [3.8, 4) is 0 Å². The van der Waals surface area contributed by atoms with Crippen LogP contribution in [0.2, 0.25) is 5.02 Å². The Morgan fingerprint density at radius 2 is 1.78 bits per heavy atom. The van der Waals surface area contributed by atoms with Gasteiger partial charge < -0.3 is 0 Å². The van der Waals surface area contributed by atoms with Gasteiger partial charge in [-0.15, -0.1) is 23.5 Å². The predicted molar refractivity (Wildman–Crippen MR) is 140 cm³/mol. The lowest BCUT2D eigenvalue weighted by Gasteiger charge is -2.20. The second-order valence-electron chi connectivity index (χ2n) is 7.20. The number of fused-ring (bicyclic) bond motifs is 1. The van der Waals surface area contributed by atoms with Gasteiger partial charge in [-0.1, -0.05) is 53.3 Å². The van der Waals surface area contributed by atoms with Crippen LogP contribution in [0.15, 0.2) is 82.6 Å². The number of hydrogen-bond acceptors (Lipinski definition) is 5. The van der Waals surface area contributed by atoms with Crippen LogP contribution in [0.3, 0.4) is 0 Å². The Labute approximate surface area is 206 Å². The molecule has 3 nitrogen and oxygen atoms in total. The standard InChI is InChI=1S/C25H23ClN2OS3/c1-30-21-13-14-22-23(16-21)32-25(27-22)28(17-18-6-3-2-4-7-18)24(29)8-5-15-31-20-11-9-19(26)10-12-20/h2-4,6-7,9-14,16H,5,8,15,17H2,1H3. The summed E-state index contributed by atoms with van der Waals surface area (Å²) >= 11 is 11.0. The molecule has 4 aromatic rings. The molecule has 0 saturated carbocycles. The minimum Gasteiger partial charge on any atom is -0.284 e. The number of thioether (sulfide) groups is 2. The summed E-state index contributed by atoms with van der Waals surface area (Å²) in [5.41, 5.74) is 2.03. The summed E-state index contributed by atoms with van der Waals surface area (Å²) in [5.74, 6) is 0.985. The molecule has 0 aliphatic rings. The Kier molecular flexibility index (Phi) is 8.14. The highest BCUT2D eigenvalue weighted by atomic mass is 35.5. The van der Waals surface area contributed by atoms with E-state index in [4.69, 9.17) is 16.6 Å². The van der Waals surface area contributed by atoms with Gasteiger partial charge >= 0.3 is 0 Å². The van der Waals surface area contributed by atoms with Crippen molar-refractivity contribution >= 4 is 67.7 Å². The molecular formula is C25H23ClN2OS3. The molecule has 1 amide bonds. The van der Waals surface area contributed by atoms with Crippen molar-refractivity contribution in [3.05, 3.63) is 83.4 Å². The van der Waals surface area contributed by atoms with Crippen LogP contribution >= 0.6 is 46.5 Å². The molecule has 0 aliphatic carbocycles. The first-order valence-electron chi connectivity index (χ1n) is 10.3. The highest BCUT2D eigenvalue weighted by molar-refractivity contribution is 7.99. The van der Waals surface area contributed by atoms with Crippen molar-refractivity contribution in [2.24, 2.45) is 0 Å². The van der Waals surface area contributed by atoms with E-state index in [-0.39, 0.29) is 5.91 Å². The van der Waals surface area contributed by atoms with E-state index in [2.05, 4.69) is 30.5 Å². The van der Waals surface area contributed by atoms with Crippen molar-refractivity contribution in [1.82, 2.24) is 4.98 Å². The van der Waals surface area contributed by atoms with Gasteiger partial charge in [0.25, 0.3) is 0 Å². The molecule has 0 unspecified atom stereocenters. The van der Waals surface area contributed by atoms with Gasteiger partial charge in [-0.2, -0.15) is 0 Å². The van der Waals surface area contributed by atoms with Gasteiger partial charge in [-0.3, -0.25) is 9.69 Å². The van der Waals surface area contributed by atoms with Gasteiger partial charge in [0.2, 0.25) is 5.91 Å². The fourth-order valence-electron chi connectivity index (χ4n) is 3.24. The predicted octanol–water partition coefficient (Wildman–Crippen LogP) is 7.78. The maximum Gasteiger partial charge on any atom is 0.229 e. The third kappa shape index (κ3) is 6.07. The second-order valence-corrected chi connectivity index (χ2v) is 10.7. The highest BCUT2D eigenvalue weighted by Crippen LogP contribution is 2.33. The lowest BCUT2D eigenvalue weighted by Crippen LogP contribution is -2.30. The van der Waals surface area contributed by atoms with E-state index >= 15 is 0 Å². The Bertz CT molecular complexity index is 1180. The van der Waals surface area contributed by atoms with E-state index in [1.165, 1.54) is 9.79 Å². The fraction of sp³-hybridized carbons (Fsp3) is 0.200. The molecule has 1 heterocycles. The zero-order valence-electron chi connectivity index (χ0n) is 17.7. The first-order valence-corrected chi connectivity index (χ1v) is 13.7. The van der Waals surface area contributed by atoms with Crippen LogP contribution < -0.4 is 4.90 Å². The number of anilines is 1. The minimum absolute atomic E-state index is 0.106. The Balaban J connectivity index is 1.47. The lowest BCUT2D eigenvalue weighted by molar-refractivity contribution is -0.118. The summed E-state index contributed by atoms with van der Waals surface area (Å²) in [6.45, 7) is 0.527. The van der Waals surface area contributed by atoms with Crippen LogP contribution in [-0.4, -0.2) is 22.9 Å². The molecule has 0 fully saturated rings. The van der Waals surface area contributed by atoms with Crippen LogP contribution in [-0.2, 0) is 11.3 Å². The molecule has 0 atom stereocenters. The molecule has 7 heteroatoms. The number of carbonyl (C=O) groups is 1. The van der Waals surface area contributed by atoms with Crippen LogP contribution in [0.25, 0.3) is 10.2 Å². The number of benzene rings is 3. The molecule has 0 radical (unpaired) electrons. The molecule has 0 bridgehead atoms. The number of aromatic nitrogens is 1. The highest BCUT2D eigenvalue weighted by Gasteiger charge is 2.20. The van der Waals surface area contributed by atoms with Gasteiger partial charge in [-0.05, 0) is 66.5 Å². The van der Waals surface area contributed by atoms with E-state index in [9.17, 15) is 4.79 Å². The Hall–Kier alpha value is -1.99. The molecule has 1 aromatic heterocycles. The molecule has 0 N–H and O–H groups in total. The van der Waals surface area contributed by atoms with Gasteiger partial charge in [0.15, 0.2) is 5.13 Å². The summed E-state index contributed by atoms with van der Waals surface area (Å²) < 4.78 is 1.11. The zero-order valence-corrected chi connectivity index (χ0v) is 20.9. The summed E-state index contributed by atoms with van der Waals surface area (Å²) in [4.78, 5) is 22.3. The van der Waals surface area contributed by atoms with Gasteiger partial charge in [-0.25, -0.2) is 4.98 Å². The van der Waals surface area contributed by atoms with E-state index in [1.54, 1.807) is 34.9 Å². The van der Waals surface area contributed by atoms with Crippen molar-refractivity contribution < 1.29 is 4.79 Å². The Morgan fingerprint density at radius 3 is 2.53 bits per heavy atom.